The third-order valence-electron chi connectivity index (χ3n) is 3.74. The molecule has 0 aliphatic rings. The standard InChI is InChI=1S/C18H18BrN5OS/c1-11-6-7-15(12(2)8-11)21-16(25)10-26-18-23-22-17(24(18)20)13-4-3-5-14(19)9-13/h3-9H,10,20H2,1-2H3,(H,21,25). The molecule has 0 atom stereocenters. The fourth-order valence-electron chi connectivity index (χ4n) is 2.47. The minimum absolute atomic E-state index is 0.117. The highest BCUT2D eigenvalue weighted by Gasteiger charge is 2.14. The van der Waals surface area contributed by atoms with Crippen molar-refractivity contribution in [3.8, 4) is 11.4 Å². The summed E-state index contributed by atoms with van der Waals surface area (Å²) in [6.07, 6.45) is 0. The number of rotatable bonds is 5. The number of aryl methyl sites for hydroxylation is 2. The van der Waals surface area contributed by atoms with Gasteiger partial charge in [-0.2, -0.15) is 0 Å². The van der Waals surface area contributed by atoms with Crippen molar-refractivity contribution in [1.29, 1.82) is 0 Å². The maximum absolute atomic E-state index is 12.2. The number of hydrogen-bond acceptors (Lipinski definition) is 5. The largest absolute Gasteiger partial charge is 0.335 e. The molecule has 1 aromatic heterocycles. The summed E-state index contributed by atoms with van der Waals surface area (Å²) in [6, 6.07) is 13.5. The molecule has 0 radical (unpaired) electrons. The number of thioether (sulfide) groups is 1. The number of amides is 1. The Hall–Kier alpha value is -2.32. The van der Waals surface area contributed by atoms with Crippen LogP contribution in [0.25, 0.3) is 11.4 Å². The fourth-order valence-corrected chi connectivity index (χ4v) is 3.53. The molecule has 0 fully saturated rings. The van der Waals surface area contributed by atoms with Crippen LogP contribution in [0.3, 0.4) is 0 Å². The highest BCUT2D eigenvalue weighted by Crippen LogP contribution is 2.24. The number of aromatic nitrogens is 3. The van der Waals surface area contributed by atoms with Crippen molar-refractivity contribution in [3.05, 3.63) is 58.1 Å². The number of nitrogens with two attached hydrogens (primary N) is 1. The van der Waals surface area contributed by atoms with Crippen molar-refractivity contribution >= 4 is 39.3 Å². The lowest BCUT2D eigenvalue weighted by Gasteiger charge is -2.09. The SMILES string of the molecule is Cc1ccc(NC(=O)CSc2nnc(-c3cccc(Br)c3)n2N)c(C)c1. The molecule has 1 heterocycles. The van der Waals surface area contributed by atoms with Crippen LogP contribution in [0, 0.1) is 13.8 Å². The van der Waals surface area contributed by atoms with Crippen molar-refractivity contribution in [2.75, 3.05) is 16.9 Å². The van der Waals surface area contributed by atoms with E-state index in [1.807, 2.05) is 56.3 Å². The van der Waals surface area contributed by atoms with Crippen molar-refractivity contribution in [1.82, 2.24) is 14.9 Å². The molecule has 8 heteroatoms. The highest BCUT2D eigenvalue weighted by atomic mass is 79.9. The average Bonchev–Trinajstić information content (AvgIpc) is 2.96. The van der Waals surface area contributed by atoms with E-state index in [4.69, 9.17) is 5.84 Å². The van der Waals surface area contributed by atoms with Crippen LogP contribution in [0.1, 0.15) is 11.1 Å². The van der Waals surface area contributed by atoms with Gasteiger partial charge < -0.3 is 11.2 Å². The minimum Gasteiger partial charge on any atom is -0.335 e. The first-order valence-corrected chi connectivity index (χ1v) is 9.68. The molecular weight excluding hydrogens is 414 g/mol. The summed E-state index contributed by atoms with van der Waals surface area (Å²) in [5.41, 5.74) is 3.85. The Morgan fingerprint density at radius 3 is 2.77 bits per heavy atom. The molecule has 134 valence electrons. The Labute approximate surface area is 164 Å². The van der Waals surface area contributed by atoms with E-state index in [9.17, 15) is 4.79 Å². The van der Waals surface area contributed by atoms with Crippen LogP contribution in [0.5, 0.6) is 0 Å². The van der Waals surface area contributed by atoms with Gasteiger partial charge in [-0.25, -0.2) is 4.68 Å². The molecule has 0 unspecified atom stereocenters. The number of nitrogen functional groups attached to an aromatic ring is 1. The monoisotopic (exact) mass is 431 g/mol. The summed E-state index contributed by atoms with van der Waals surface area (Å²) < 4.78 is 2.33. The number of carbonyl (C=O) groups is 1. The summed E-state index contributed by atoms with van der Waals surface area (Å²) in [7, 11) is 0. The van der Waals surface area contributed by atoms with Crippen molar-refractivity contribution < 1.29 is 4.79 Å². The quantitative estimate of drug-likeness (QED) is 0.474. The molecule has 0 saturated carbocycles. The van der Waals surface area contributed by atoms with Gasteiger partial charge in [0.25, 0.3) is 0 Å². The third kappa shape index (κ3) is 4.25. The van der Waals surface area contributed by atoms with Crippen LogP contribution in [-0.2, 0) is 4.79 Å². The van der Waals surface area contributed by atoms with Crippen LogP contribution in [0.4, 0.5) is 5.69 Å². The van der Waals surface area contributed by atoms with Gasteiger partial charge in [-0.05, 0) is 37.6 Å². The first-order chi connectivity index (χ1) is 12.4. The zero-order chi connectivity index (χ0) is 18.7. The second kappa shape index (κ2) is 7.92. The van der Waals surface area contributed by atoms with Crippen LogP contribution >= 0.6 is 27.7 Å². The van der Waals surface area contributed by atoms with Crippen LogP contribution in [0.15, 0.2) is 52.1 Å². The summed E-state index contributed by atoms with van der Waals surface area (Å²) in [5, 5.41) is 11.6. The van der Waals surface area contributed by atoms with Crippen molar-refractivity contribution in [2.45, 2.75) is 19.0 Å². The van der Waals surface area contributed by atoms with E-state index < -0.39 is 0 Å². The van der Waals surface area contributed by atoms with E-state index in [0.717, 1.165) is 26.9 Å². The Bertz CT molecular complexity index is 957. The maximum Gasteiger partial charge on any atom is 0.234 e. The van der Waals surface area contributed by atoms with E-state index in [1.54, 1.807) is 0 Å². The molecule has 1 amide bonds. The minimum atomic E-state index is -0.117. The molecule has 6 nitrogen and oxygen atoms in total. The molecule has 0 aliphatic carbocycles. The summed E-state index contributed by atoms with van der Waals surface area (Å²) in [4.78, 5) is 12.2. The lowest BCUT2D eigenvalue weighted by molar-refractivity contribution is -0.113. The first kappa shape index (κ1) is 18.5. The lowest BCUT2D eigenvalue weighted by Crippen LogP contribution is -2.17. The van der Waals surface area contributed by atoms with Gasteiger partial charge in [0, 0.05) is 15.7 Å². The predicted octanol–water partition coefficient (Wildman–Crippen LogP) is 3.77. The zero-order valence-electron chi connectivity index (χ0n) is 14.4. The number of nitrogens with zero attached hydrogens (tertiary/aromatic N) is 3. The van der Waals surface area contributed by atoms with Gasteiger partial charge in [0.2, 0.25) is 11.1 Å². The highest BCUT2D eigenvalue weighted by molar-refractivity contribution is 9.10. The van der Waals surface area contributed by atoms with Crippen molar-refractivity contribution in [2.24, 2.45) is 0 Å². The Morgan fingerprint density at radius 1 is 1.23 bits per heavy atom. The van der Waals surface area contributed by atoms with Gasteiger partial charge in [-0.3, -0.25) is 4.79 Å². The molecule has 26 heavy (non-hydrogen) atoms. The average molecular weight is 432 g/mol. The topological polar surface area (TPSA) is 85.8 Å². The van der Waals surface area contributed by atoms with Gasteiger partial charge in [0.15, 0.2) is 5.82 Å². The second-order valence-corrected chi connectivity index (χ2v) is 7.70. The lowest BCUT2D eigenvalue weighted by atomic mass is 10.1. The normalized spacial score (nSPS) is 10.7. The molecule has 0 aliphatic heterocycles. The van der Waals surface area contributed by atoms with Crippen LogP contribution < -0.4 is 11.2 Å². The van der Waals surface area contributed by atoms with E-state index >= 15 is 0 Å². The smallest absolute Gasteiger partial charge is 0.234 e. The molecule has 3 N–H and O–H groups in total. The van der Waals surface area contributed by atoms with Gasteiger partial charge in [-0.15, -0.1) is 10.2 Å². The van der Waals surface area contributed by atoms with Gasteiger partial charge >= 0.3 is 0 Å². The number of nitrogens with one attached hydrogen (secondary N) is 1. The Morgan fingerprint density at radius 2 is 2.04 bits per heavy atom. The van der Waals surface area contributed by atoms with Gasteiger partial charge in [0.1, 0.15) is 0 Å². The number of halogens is 1. The third-order valence-corrected chi connectivity index (χ3v) is 5.17. The maximum atomic E-state index is 12.2. The Kier molecular flexibility index (Phi) is 5.63. The van der Waals surface area contributed by atoms with E-state index in [2.05, 4.69) is 31.4 Å². The van der Waals surface area contributed by atoms with Crippen LogP contribution in [-0.4, -0.2) is 26.5 Å². The van der Waals surface area contributed by atoms with E-state index in [-0.39, 0.29) is 11.7 Å². The summed E-state index contributed by atoms with van der Waals surface area (Å²) >= 11 is 4.67. The molecule has 3 rings (SSSR count). The molecule has 0 bridgehead atoms. The summed E-state index contributed by atoms with van der Waals surface area (Å²) in [5.74, 6) is 6.71. The Balaban J connectivity index is 1.66. The van der Waals surface area contributed by atoms with E-state index in [0.29, 0.717) is 11.0 Å². The molecule has 2 aromatic carbocycles. The number of carbonyl (C=O) groups excluding carboxylic acids is 1. The van der Waals surface area contributed by atoms with Crippen LogP contribution in [0.2, 0.25) is 0 Å². The molecular formula is C18H18BrN5OS. The molecule has 3 aromatic rings. The van der Waals surface area contributed by atoms with Crippen molar-refractivity contribution in [3.63, 3.8) is 0 Å². The van der Waals surface area contributed by atoms with Gasteiger partial charge in [-0.1, -0.05) is 57.5 Å². The fraction of sp³-hybridized carbons (Fsp3) is 0.167. The molecule has 0 saturated heterocycles. The second-order valence-electron chi connectivity index (χ2n) is 5.84. The number of benzene rings is 2. The zero-order valence-corrected chi connectivity index (χ0v) is 16.8. The molecule has 0 spiro atoms. The summed E-state index contributed by atoms with van der Waals surface area (Å²) in [6.45, 7) is 3.99. The van der Waals surface area contributed by atoms with Gasteiger partial charge in [0.05, 0.1) is 5.75 Å². The number of hydrogen-bond donors (Lipinski definition) is 2. The predicted molar refractivity (Wildman–Crippen MR) is 109 cm³/mol. The first-order valence-electron chi connectivity index (χ1n) is 7.90. The number of anilines is 1. The van der Waals surface area contributed by atoms with E-state index in [1.165, 1.54) is 16.4 Å².